The molecule has 1 aliphatic rings. The highest BCUT2D eigenvalue weighted by Gasteiger charge is 2.26. The van der Waals surface area contributed by atoms with E-state index in [-0.39, 0.29) is 18.2 Å². The molecule has 2 N–H and O–H groups in total. The molecule has 18 heavy (non-hydrogen) atoms. The molecule has 0 saturated carbocycles. The van der Waals surface area contributed by atoms with Crippen LogP contribution in [0, 0.1) is 5.82 Å². The summed E-state index contributed by atoms with van der Waals surface area (Å²) in [6, 6.07) is 4.51. The van der Waals surface area contributed by atoms with Gasteiger partial charge in [0.15, 0.2) is 0 Å². The van der Waals surface area contributed by atoms with E-state index in [1.54, 1.807) is 12.1 Å². The number of ether oxygens (including phenoxy) is 1. The molecular weight excluding hydrogens is 237 g/mol. The number of benzene rings is 1. The van der Waals surface area contributed by atoms with Crippen LogP contribution in [0.5, 0.6) is 0 Å². The summed E-state index contributed by atoms with van der Waals surface area (Å²) < 4.78 is 19.1. The first-order valence-electron chi connectivity index (χ1n) is 6.07. The van der Waals surface area contributed by atoms with Crippen LogP contribution in [-0.4, -0.2) is 42.6 Å². The first-order valence-corrected chi connectivity index (χ1v) is 6.07. The molecule has 1 aromatic carbocycles. The van der Waals surface area contributed by atoms with Gasteiger partial charge in [0.2, 0.25) is 0 Å². The molecule has 0 aliphatic carbocycles. The van der Waals surface area contributed by atoms with Gasteiger partial charge in [-0.15, -0.1) is 0 Å². The largest absolute Gasteiger partial charge is 0.394 e. The summed E-state index contributed by atoms with van der Waals surface area (Å²) in [6.45, 7) is 3.00. The van der Waals surface area contributed by atoms with Crippen molar-refractivity contribution in [3.63, 3.8) is 0 Å². The highest BCUT2D eigenvalue weighted by Crippen LogP contribution is 2.31. The first-order chi connectivity index (χ1) is 8.65. The summed E-state index contributed by atoms with van der Waals surface area (Å²) in [5.41, 5.74) is 0.908. The van der Waals surface area contributed by atoms with E-state index in [1.807, 2.05) is 4.90 Å². The maximum absolute atomic E-state index is 13.8. The lowest BCUT2D eigenvalue weighted by atomic mass is 10.0. The van der Waals surface area contributed by atoms with Crippen LogP contribution in [0.25, 0.3) is 0 Å². The molecule has 0 bridgehead atoms. The minimum atomic E-state index is -0.886. The quantitative estimate of drug-likeness (QED) is 0.848. The normalized spacial score (nSPS) is 22.0. The third-order valence-corrected chi connectivity index (χ3v) is 3.20. The average molecular weight is 255 g/mol. The second-order valence-corrected chi connectivity index (χ2v) is 4.45. The number of aliphatic hydroxyl groups is 2. The molecule has 100 valence electrons. The van der Waals surface area contributed by atoms with Crippen molar-refractivity contribution in [2.45, 2.75) is 19.1 Å². The van der Waals surface area contributed by atoms with Crippen molar-refractivity contribution in [3.05, 3.63) is 29.6 Å². The second-order valence-electron chi connectivity index (χ2n) is 4.45. The predicted octanol–water partition coefficient (Wildman–Crippen LogP) is 1.08. The fraction of sp³-hybridized carbons (Fsp3) is 0.538. The van der Waals surface area contributed by atoms with Crippen LogP contribution in [0.15, 0.2) is 18.2 Å². The van der Waals surface area contributed by atoms with Crippen LogP contribution >= 0.6 is 0 Å². The first kappa shape index (κ1) is 13.3. The van der Waals surface area contributed by atoms with Gasteiger partial charge in [-0.2, -0.15) is 0 Å². The van der Waals surface area contributed by atoms with Crippen molar-refractivity contribution >= 4 is 5.69 Å². The van der Waals surface area contributed by atoms with Gasteiger partial charge in [0.05, 0.1) is 32.0 Å². The van der Waals surface area contributed by atoms with Crippen LogP contribution in [0.1, 0.15) is 18.6 Å². The molecule has 0 spiro atoms. The number of rotatable bonds is 3. The Bertz CT molecular complexity index is 411. The number of halogens is 1. The van der Waals surface area contributed by atoms with Crippen LogP contribution in [0.4, 0.5) is 10.1 Å². The van der Waals surface area contributed by atoms with Gasteiger partial charge in [-0.25, -0.2) is 4.39 Å². The van der Waals surface area contributed by atoms with Gasteiger partial charge in [-0.05, 0) is 19.1 Å². The maximum atomic E-state index is 13.8. The van der Waals surface area contributed by atoms with E-state index in [4.69, 9.17) is 4.74 Å². The zero-order chi connectivity index (χ0) is 13.1. The molecule has 1 saturated heterocycles. The van der Waals surface area contributed by atoms with Gasteiger partial charge >= 0.3 is 0 Å². The Morgan fingerprint density at radius 2 is 2.33 bits per heavy atom. The van der Waals surface area contributed by atoms with Crippen LogP contribution in [0.3, 0.4) is 0 Å². The number of anilines is 1. The summed E-state index contributed by atoms with van der Waals surface area (Å²) >= 11 is 0. The van der Waals surface area contributed by atoms with Crippen molar-refractivity contribution < 1.29 is 19.3 Å². The Labute approximate surface area is 106 Å². The molecule has 2 atom stereocenters. The molecule has 1 aliphatic heterocycles. The molecule has 1 heterocycles. The fourth-order valence-corrected chi connectivity index (χ4v) is 2.31. The minimum Gasteiger partial charge on any atom is -0.394 e. The van der Waals surface area contributed by atoms with Gasteiger partial charge < -0.3 is 19.8 Å². The summed E-state index contributed by atoms with van der Waals surface area (Å²) in [6.07, 6.45) is -0.886. The Morgan fingerprint density at radius 3 is 3.00 bits per heavy atom. The zero-order valence-corrected chi connectivity index (χ0v) is 10.3. The van der Waals surface area contributed by atoms with Crippen molar-refractivity contribution in [1.29, 1.82) is 0 Å². The number of morpholine rings is 1. The summed E-state index contributed by atoms with van der Waals surface area (Å²) in [5.74, 6) is -0.425. The highest BCUT2D eigenvalue weighted by molar-refractivity contribution is 5.56. The molecule has 0 amide bonds. The number of nitrogens with zero attached hydrogens (tertiary/aromatic N) is 1. The van der Waals surface area contributed by atoms with Gasteiger partial charge in [0.25, 0.3) is 0 Å². The lowest BCUT2D eigenvalue weighted by Crippen LogP contribution is -2.48. The Morgan fingerprint density at radius 1 is 1.56 bits per heavy atom. The SMILES string of the molecule is CC(O)c1c(F)cccc1N1CCOCC1CO. The fourth-order valence-electron chi connectivity index (χ4n) is 2.31. The topological polar surface area (TPSA) is 52.9 Å². The van der Waals surface area contributed by atoms with Crippen LogP contribution < -0.4 is 4.90 Å². The Kier molecular flexibility index (Phi) is 4.16. The molecule has 2 rings (SSSR count). The molecule has 4 nitrogen and oxygen atoms in total. The third-order valence-electron chi connectivity index (χ3n) is 3.20. The second kappa shape index (κ2) is 5.65. The minimum absolute atomic E-state index is 0.0598. The molecular formula is C13H18FNO3. The number of hydrogen-bond acceptors (Lipinski definition) is 4. The van der Waals surface area contributed by atoms with Gasteiger partial charge in [0, 0.05) is 17.8 Å². The lowest BCUT2D eigenvalue weighted by Gasteiger charge is -2.37. The molecule has 0 radical (unpaired) electrons. The molecule has 1 aromatic rings. The van der Waals surface area contributed by atoms with E-state index in [0.29, 0.717) is 25.4 Å². The monoisotopic (exact) mass is 255 g/mol. The summed E-state index contributed by atoms with van der Waals surface area (Å²) in [4.78, 5) is 1.90. The molecule has 1 fully saturated rings. The Hall–Kier alpha value is -1.17. The van der Waals surface area contributed by atoms with Crippen LogP contribution in [-0.2, 0) is 4.74 Å². The van der Waals surface area contributed by atoms with Gasteiger partial charge in [-0.3, -0.25) is 0 Å². The third kappa shape index (κ3) is 2.48. The molecule has 2 unspecified atom stereocenters. The van der Waals surface area contributed by atoms with E-state index >= 15 is 0 Å². The summed E-state index contributed by atoms with van der Waals surface area (Å²) in [7, 11) is 0. The van der Waals surface area contributed by atoms with Crippen molar-refractivity contribution in [1.82, 2.24) is 0 Å². The predicted molar refractivity (Wildman–Crippen MR) is 66.1 cm³/mol. The zero-order valence-electron chi connectivity index (χ0n) is 10.3. The van der Waals surface area contributed by atoms with E-state index in [2.05, 4.69) is 0 Å². The maximum Gasteiger partial charge on any atom is 0.131 e. The van der Waals surface area contributed by atoms with Crippen LogP contribution in [0.2, 0.25) is 0 Å². The number of aliphatic hydroxyl groups excluding tert-OH is 2. The average Bonchev–Trinajstić information content (AvgIpc) is 2.38. The Balaban J connectivity index is 2.39. The van der Waals surface area contributed by atoms with Gasteiger partial charge in [0.1, 0.15) is 5.82 Å². The molecule has 5 heteroatoms. The van der Waals surface area contributed by atoms with E-state index < -0.39 is 11.9 Å². The summed E-state index contributed by atoms with van der Waals surface area (Å²) in [5, 5.41) is 19.1. The lowest BCUT2D eigenvalue weighted by molar-refractivity contribution is 0.0722. The number of hydrogen-bond donors (Lipinski definition) is 2. The standard InChI is InChI=1S/C13H18FNO3/c1-9(17)13-11(14)3-2-4-12(13)15-5-6-18-8-10(15)7-16/h2-4,9-10,16-17H,5-8H2,1H3. The van der Waals surface area contributed by atoms with E-state index in [1.165, 1.54) is 13.0 Å². The van der Waals surface area contributed by atoms with Crippen molar-refractivity contribution in [2.75, 3.05) is 31.3 Å². The smallest absolute Gasteiger partial charge is 0.131 e. The molecule has 0 aromatic heterocycles. The van der Waals surface area contributed by atoms with Gasteiger partial charge in [-0.1, -0.05) is 6.07 Å². The van der Waals surface area contributed by atoms with Crippen molar-refractivity contribution in [3.8, 4) is 0 Å². The van der Waals surface area contributed by atoms with E-state index in [9.17, 15) is 14.6 Å². The van der Waals surface area contributed by atoms with Crippen molar-refractivity contribution in [2.24, 2.45) is 0 Å². The highest BCUT2D eigenvalue weighted by atomic mass is 19.1. The van der Waals surface area contributed by atoms with E-state index in [0.717, 1.165) is 0 Å².